The van der Waals surface area contributed by atoms with Gasteiger partial charge in [0.15, 0.2) is 0 Å². The number of carbonyl (C=O) groups is 2. The molecule has 1 aromatic carbocycles. The summed E-state index contributed by atoms with van der Waals surface area (Å²) in [6.07, 6.45) is 3.57. The average Bonchev–Trinajstić information content (AvgIpc) is 3.20. The van der Waals surface area contributed by atoms with Gasteiger partial charge in [-0.3, -0.25) is 9.69 Å². The monoisotopic (exact) mass is 274 g/mol. The van der Waals surface area contributed by atoms with Gasteiger partial charge in [-0.05, 0) is 43.5 Å². The fourth-order valence-electron chi connectivity index (χ4n) is 2.71. The van der Waals surface area contributed by atoms with Gasteiger partial charge in [0.25, 0.3) is 5.91 Å². The third-order valence-corrected chi connectivity index (χ3v) is 4.01. The number of amides is 1. The zero-order valence-electron chi connectivity index (χ0n) is 11.2. The summed E-state index contributed by atoms with van der Waals surface area (Å²) < 4.78 is 0. The molecule has 1 amide bonds. The molecule has 0 aromatic heterocycles. The van der Waals surface area contributed by atoms with Gasteiger partial charge in [0.2, 0.25) is 0 Å². The van der Waals surface area contributed by atoms with Gasteiger partial charge in [0.05, 0.1) is 5.56 Å². The molecule has 5 nitrogen and oxygen atoms in total. The first kappa shape index (κ1) is 13.1. The molecule has 3 rings (SSSR count). The van der Waals surface area contributed by atoms with E-state index in [0.29, 0.717) is 5.56 Å². The number of benzene rings is 1. The topological polar surface area (TPSA) is 69.6 Å². The van der Waals surface area contributed by atoms with Crippen molar-refractivity contribution in [3.05, 3.63) is 35.4 Å². The van der Waals surface area contributed by atoms with Crippen LogP contribution in [-0.2, 0) is 0 Å². The second kappa shape index (κ2) is 5.25. The van der Waals surface area contributed by atoms with Gasteiger partial charge in [-0.25, -0.2) is 4.79 Å². The molecule has 1 aliphatic heterocycles. The van der Waals surface area contributed by atoms with Gasteiger partial charge >= 0.3 is 5.97 Å². The zero-order chi connectivity index (χ0) is 14.1. The van der Waals surface area contributed by atoms with Crippen molar-refractivity contribution in [2.75, 3.05) is 13.1 Å². The van der Waals surface area contributed by atoms with Crippen molar-refractivity contribution < 1.29 is 14.7 Å². The van der Waals surface area contributed by atoms with E-state index in [2.05, 4.69) is 10.2 Å². The molecule has 2 fully saturated rings. The highest BCUT2D eigenvalue weighted by Crippen LogP contribution is 2.29. The van der Waals surface area contributed by atoms with Crippen LogP contribution in [0.4, 0.5) is 0 Å². The molecule has 20 heavy (non-hydrogen) atoms. The van der Waals surface area contributed by atoms with Crippen LogP contribution < -0.4 is 5.32 Å². The second-order valence-corrected chi connectivity index (χ2v) is 5.57. The Bertz CT molecular complexity index is 522. The summed E-state index contributed by atoms with van der Waals surface area (Å²) in [5.41, 5.74) is 0.710. The smallest absolute Gasteiger partial charge is 0.335 e. The molecular formula is C15H18N2O3. The molecule has 0 spiro atoms. The lowest BCUT2D eigenvalue weighted by Gasteiger charge is -2.15. The lowest BCUT2D eigenvalue weighted by molar-refractivity contribution is 0.0696. The Morgan fingerprint density at radius 3 is 2.35 bits per heavy atom. The lowest BCUT2D eigenvalue weighted by atomic mass is 10.1. The molecule has 2 aliphatic rings. The third kappa shape index (κ3) is 2.82. The Kier molecular flexibility index (Phi) is 3.44. The number of carboxylic acid groups (broad SMARTS) is 1. The van der Waals surface area contributed by atoms with Gasteiger partial charge in [-0.1, -0.05) is 0 Å². The number of hydrogen-bond acceptors (Lipinski definition) is 3. The predicted molar refractivity (Wildman–Crippen MR) is 73.9 cm³/mol. The third-order valence-electron chi connectivity index (χ3n) is 4.01. The molecule has 5 heteroatoms. The van der Waals surface area contributed by atoms with E-state index < -0.39 is 5.97 Å². The van der Waals surface area contributed by atoms with Crippen LogP contribution in [0.3, 0.4) is 0 Å². The average molecular weight is 274 g/mol. The Morgan fingerprint density at radius 1 is 1.10 bits per heavy atom. The number of nitrogens with zero attached hydrogens (tertiary/aromatic N) is 1. The minimum absolute atomic E-state index is 0.121. The SMILES string of the molecule is O=C(O)c1ccc(C(=O)NC2CCN(C3CC3)C2)cc1. The van der Waals surface area contributed by atoms with E-state index in [9.17, 15) is 9.59 Å². The quantitative estimate of drug-likeness (QED) is 0.869. The molecule has 1 heterocycles. The van der Waals surface area contributed by atoms with Crippen molar-refractivity contribution in [2.45, 2.75) is 31.3 Å². The van der Waals surface area contributed by atoms with Gasteiger partial charge in [0.1, 0.15) is 0 Å². The van der Waals surface area contributed by atoms with E-state index in [1.807, 2.05) is 0 Å². The van der Waals surface area contributed by atoms with Crippen molar-refractivity contribution >= 4 is 11.9 Å². The molecule has 1 saturated heterocycles. The predicted octanol–water partition coefficient (Wildman–Crippen LogP) is 1.35. The van der Waals surface area contributed by atoms with Crippen LogP contribution in [0.5, 0.6) is 0 Å². The van der Waals surface area contributed by atoms with E-state index in [0.717, 1.165) is 25.6 Å². The van der Waals surface area contributed by atoms with Crippen LogP contribution >= 0.6 is 0 Å². The highest BCUT2D eigenvalue weighted by atomic mass is 16.4. The second-order valence-electron chi connectivity index (χ2n) is 5.57. The first-order chi connectivity index (χ1) is 9.63. The van der Waals surface area contributed by atoms with Crippen LogP contribution in [0.15, 0.2) is 24.3 Å². The number of carbonyl (C=O) groups excluding carboxylic acids is 1. The summed E-state index contributed by atoms with van der Waals surface area (Å²) in [5.74, 6) is -1.10. The van der Waals surface area contributed by atoms with Crippen molar-refractivity contribution in [3.8, 4) is 0 Å². The Morgan fingerprint density at radius 2 is 1.75 bits per heavy atom. The van der Waals surface area contributed by atoms with E-state index in [4.69, 9.17) is 5.11 Å². The molecule has 1 aliphatic carbocycles. The molecule has 0 bridgehead atoms. The van der Waals surface area contributed by atoms with Crippen LogP contribution in [0.2, 0.25) is 0 Å². The number of rotatable bonds is 4. The van der Waals surface area contributed by atoms with Gasteiger partial charge in [-0.15, -0.1) is 0 Å². The van der Waals surface area contributed by atoms with Crippen molar-refractivity contribution in [2.24, 2.45) is 0 Å². The van der Waals surface area contributed by atoms with Crippen molar-refractivity contribution in [3.63, 3.8) is 0 Å². The molecule has 1 unspecified atom stereocenters. The summed E-state index contributed by atoms with van der Waals surface area (Å²) in [5, 5.41) is 11.9. The summed E-state index contributed by atoms with van der Waals surface area (Å²) in [4.78, 5) is 25.3. The fraction of sp³-hybridized carbons (Fsp3) is 0.467. The molecule has 0 radical (unpaired) electrons. The summed E-state index contributed by atoms with van der Waals surface area (Å²) in [6, 6.07) is 7.00. The van der Waals surface area contributed by atoms with Crippen LogP contribution in [0.25, 0.3) is 0 Å². The number of hydrogen-bond donors (Lipinski definition) is 2. The van der Waals surface area contributed by atoms with Crippen molar-refractivity contribution in [1.29, 1.82) is 0 Å². The van der Waals surface area contributed by atoms with Crippen LogP contribution in [0.1, 0.15) is 40.0 Å². The van der Waals surface area contributed by atoms with E-state index in [1.165, 1.54) is 25.0 Å². The lowest BCUT2D eigenvalue weighted by Crippen LogP contribution is -2.37. The maximum Gasteiger partial charge on any atom is 0.335 e. The number of nitrogens with one attached hydrogen (secondary N) is 1. The first-order valence-electron chi connectivity index (χ1n) is 7.02. The highest BCUT2D eigenvalue weighted by Gasteiger charge is 2.34. The number of likely N-dealkylation sites (tertiary alicyclic amines) is 1. The first-order valence-corrected chi connectivity index (χ1v) is 7.02. The zero-order valence-corrected chi connectivity index (χ0v) is 11.2. The standard InChI is InChI=1S/C15H18N2O3/c18-14(10-1-3-11(4-2-10)15(19)20)16-12-7-8-17(9-12)13-5-6-13/h1-4,12-13H,5-9H2,(H,16,18)(H,19,20). The molecule has 106 valence electrons. The number of aromatic carboxylic acids is 1. The molecule has 1 saturated carbocycles. The maximum atomic E-state index is 12.1. The molecule has 2 N–H and O–H groups in total. The fourth-order valence-corrected chi connectivity index (χ4v) is 2.71. The number of carboxylic acids is 1. The van der Waals surface area contributed by atoms with E-state index >= 15 is 0 Å². The van der Waals surface area contributed by atoms with Crippen molar-refractivity contribution in [1.82, 2.24) is 10.2 Å². The normalized spacial score (nSPS) is 22.7. The van der Waals surface area contributed by atoms with Gasteiger partial charge in [-0.2, -0.15) is 0 Å². The highest BCUT2D eigenvalue weighted by molar-refractivity contribution is 5.96. The summed E-state index contributed by atoms with van der Waals surface area (Å²) >= 11 is 0. The molecule has 1 aromatic rings. The molecule has 1 atom stereocenters. The van der Waals surface area contributed by atoms with Gasteiger partial charge < -0.3 is 10.4 Å². The van der Waals surface area contributed by atoms with Gasteiger partial charge in [0, 0.05) is 30.7 Å². The molecular weight excluding hydrogens is 256 g/mol. The Hall–Kier alpha value is -1.88. The summed E-state index contributed by atoms with van der Waals surface area (Å²) in [6.45, 7) is 2.00. The van der Waals surface area contributed by atoms with E-state index in [-0.39, 0.29) is 17.5 Å². The largest absolute Gasteiger partial charge is 0.478 e. The Balaban J connectivity index is 1.57. The summed E-state index contributed by atoms with van der Waals surface area (Å²) in [7, 11) is 0. The minimum atomic E-state index is -0.979. The maximum absolute atomic E-state index is 12.1. The Labute approximate surface area is 117 Å². The van der Waals surface area contributed by atoms with E-state index in [1.54, 1.807) is 12.1 Å². The minimum Gasteiger partial charge on any atom is -0.478 e. The van der Waals surface area contributed by atoms with Crippen LogP contribution in [0, 0.1) is 0 Å². The van der Waals surface area contributed by atoms with Crippen LogP contribution in [-0.4, -0.2) is 47.1 Å².